The molecule has 0 saturated carbocycles. The van der Waals surface area contributed by atoms with Gasteiger partial charge in [0.05, 0.1) is 18.2 Å². The number of aromatic hydroxyl groups is 1. The zero-order valence-corrected chi connectivity index (χ0v) is 17.9. The number of ether oxygens (including phenoxy) is 1. The number of carbonyl (C=O) groups excluding carboxylic acids is 1. The van der Waals surface area contributed by atoms with E-state index in [1.165, 1.54) is 7.11 Å². The number of carbonyl (C=O) groups is 1. The van der Waals surface area contributed by atoms with Gasteiger partial charge in [-0.05, 0) is 40.3 Å². The van der Waals surface area contributed by atoms with Gasteiger partial charge in [-0.25, -0.2) is 4.79 Å². The molecule has 3 aromatic rings. The van der Waals surface area contributed by atoms with Crippen molar-refractivity contribution in [3.8, 4) is 16.9 Å². The van der Waals surface area contributed by atoms with Crippen molar-refractivity contribution >= 4 is 16.9 Å². The second kappa shape index (κ2) is 8.23. The molecule has 0 aliphatic heterocycles. The first kappa shape index (κ1) is 20.8. The minimum absolute atomic E-state index is 0.159. The van der Waals surface area contributed by atoms with Crippen LogP contribution in [0, 0.1) is 0 Å². The van der Waals surface area contributed by atoms with E-state index in [4.69, 9.17) is 4.74 Å². The van der Waals surface area contributed by atoms with Crippen molar-refractivity contribution in [3.05, 3.63) is 47.4 Å². The smallest absolute Gasteiger partial charge is 0.340 e. The van der Waals surface area contributed by atoms with Crippen LogP contribution in [-0.2, 0) is 24.9 Å². The van der Waals surface area contributed by atoms with E-state index in [0.717, 1.165) is 22.2 Å². The monoisotopic (exact) mass is 396 g/mol. The first-order valence-electron chi connectivity index (χ1n) is 9.40. The summed E-state index contributed by atoms with van der Waals surface area (Å²) in [5.41, 5.74) is 4.43. The Kier molecular flexibility index (Phi) is 5.91. The Bertz CT molecular complexity index is 1040. The fourth-order valence-corrected chi connectivity index (χ4v) is 3.73. The van der Waals surface area contributed by atoms with Gasteiger partial charge in [-0.15, -0.1) is 0 Å². The molecule has 0 fully saturated rings. The molecule has 7 heteroatoms. The van der Waals surface area contributed by atoms with Crippen LogP contribution in [0.1, 0.15) is 21.6 Å². The molecule has 154 valence electrons. The largest absolute Gasteiger partial charge is 0.507 e. The summed E-state index contributed by atoms with van der Waals surface area (Å²) < 4.78 is 7.13. The molecule has 0 radical (unpaired) electrons. The SMILES string of the molecule is COC(=O)c1c(CN(C)C)n(C)c2cc(-c3cccnc3)c(O)c(CN(C)C)c12. The molecule has 29 heavy (non-hydrogen) atoms. The van der Waals surface area contributed by atoms with E-state index < -0.39 is 5.97 Å². The van der Waals surface area contributed by atoms with Crippen molar-refractivity contribution in [2.75, 3.05) is 35.3 Å². The summed E-state index contributed by atoms with van der Waals surface area (Å²) in [6.45, 7) is 1.05. The second-order valence-corrected chi connectivity index (χ2v) is 7.73. The Morgan fingerprint density at radius 2 is 1.90 bits per heavy atom. The van der Waals surface area contributed by atoms with Gasteiger partial charge in [-0.1, -0.05) is 6.07 Å². The van der Waals surface area contributed by atoms with Crippen molar-refractivity contribution in [2.45, 2.75) is 13.1 Å². The average molecular weight is 396 g/mol. The maximum absolute atomic E-state index is 12.8. The number of benzene rings is 1. The van der Waals surface area contributed by atoms with E-state index in [-0.39, 0.29) is 5.75 Å². The first-order chi connectivity index (χ1) is 13.8. The van der Waals surface area contributed by atoms with Crippen LogP contribution in [0.15, 0.2) is 30.6 Å². The number of phenols is 1. The van der Waals surface area contributed by atoms with E-state index in [2.05, 4.69) is 4.98 Å². The lowest BCUT2D eigenvalue weighted by atomic mass is 9.96. The third kappa shape index (κ3) is 3.83. The van der Waals surface area contributed by atoms with E-state index in [9.17, 15) is 9.90 Å². The van der Waals surface area contributed by atoms with E-state index in [1.807, 2.05) is 67.8 Å². The standard InChI is InChI=1S/C22H28N4O3/c1-24(2)12-16-19-17(10-15(21(16)27)14-8-7-9-23-11-14)26(5)18(13-25(3)4)20(19)22(28)29-6/h7-11,27H,12-13H2,1-6H3. The number of hydrogen-bond donors (Lipinski definition) is 1. The molecule has 3 rings (SSSR count). The molecular weight excluding hydrogens is 368 g/mol. The minimum Gasteiger partial charge on any atom is -0.507 e. The molecular formula is C22H28N4O3. The first-order valence-corrected chi connectivity index (χ1v) is 9.40. The van der Waals surface area contributed by atoms with Crippen LogP contribution in [0.2, 0.25) is 0 Å². The maximum Gasteiger partial charge on any atom is 0.340 e. The highest BCUT2D eigenvalue weighted by Gasteiger charge is 2.27. The van der Waals surface area contributed by atoms with E-state index >= 15 is 0 Å². The van der Waals surface area contributed by atoms with Crippen LogP contribution in [0.3, 0.4) is 0 Å². The van der Waals surface area contributed by atoms with Crippen LogP contribution in [0.4, 0.5) is 0 Å². The fraction of sp³-hybridized carbons (Fsp3) is 0.364. The van der Waals surface area contributed by atoms with Gasteiger partial charge in [-0.2, -0.15) is 0 Å². The quantitative estimate of drug-likeness (QED) is 0.646. The number of aromatic nitrogens is 2. The molecule has 1 aromatic carbocycles. The number of hydrogen-bond acceptors (Lipinski definition) is 6. The van der Waals surface area contributed by atoms with Crippen LogP contribution < -0.4 is 0 Å². The molecule has 0 unspecified atom stereocenters. The number of fused-ring (bicyclic) bond motifs is 1. The highest BCUT2D eigenvalue weighted by Crippen LogP contribution is 2.41. The molecule has 0 saturated heterocycles. The molecule has 0 bridgehead atoms. The zero-order chi connectivity index (χ0) is 21.3. The Hall–Kier alpha value is -2.90. The van der Waals surface area contributed by atoms with Crippen LogP contribution in [0.25, 0.3) is 22.0 Å². The lowest BCUT2D eigenvalue weighted by Crippen LogP contribution is -2.17. The van der Waals surface area contributed by atoms with Crippen molar-refractivity contribution < 1.29 is 14.6 Å². The number of phenolic OH excluding ortho intramolecular Hbond substituents is 1. The van der Waals surface area contributed by atoms with Gasteiger partial charge in [0, 0.05) is 60.3 Å². The summed E-state index contributed by atoms with van der Waals surface area (Å²) in [5.74, 6) is -0.243. The third-order valence-electron chi connectivity index (χ3n) is 4.99. The second-order valence-electron chi connectivity index (χ2n) is 7.73. The molecule has 2 aromatic heterocycles. The summed E-state index contributed by atoms with van der Waals surface area (Å²) >= 11 is 0. The van der Waals surface area contributed by atoms with Crippen LogP contribution >= 0.6 is 0 Å². The number of nitrogens with zero attached hydrogens (tertiary/aromatic N) is 4. The van der Waals surface area contributed by atoms with Gasteiger partial charge in [-0.3, -0.25) is 4.98 Å². The molecule has 0 amide bonds. The summed E-state index contributed by atoms with van der Waals surface area (Å²) in [5, 5.41) is 12.0. The predicted molar refractivity (Wildman–Crippen MR) is 114 cm³/mol. The zero-order valence-electron chi connectivity index (χ0n) is 17.9. The normalized spacial score (nSPS) is 11.6. The lowest BCUT2D eigenvalue weighted by molar-refractivity contribution is 0.0600. The Morgan fingerprint density at radius 3 is 2.45 bits per heavy atom. The number of methoxy groups -OCH3 is 1. The van der Waals surface area contributed by atoms with Gasteiger partial charge in [0.15, 0.2) is 0 Å². The van der Waals surface area contributed by atoms with E-state index in [0.29, 0.717) is 29.8 Å². The molecule has 0 aliphatic rings. The predicted octanol–water partition coefficient (Wildman–Crippen LogP) is 2.86. The summed E-state index contributed by atoms with van der Waals surface area (Å²) in [6, 6.07) is 5.68. The number of pyridine rings is 1. The summed E-state index contributed by atoms with van der Waals surface area (Å²) in [7, 11) is 11.1. The topological polar surface area (TPSA) is 70.8 Å². The molecule has 1 N–H and O–H groups in total. The Morgan fingerprint density at radius 1 is 1.21 bits per heavy atom. The van der Waals surface area contributed by atoms with Gasteiger partial charge in [0.25, 0.3) is 0 Å². The van der Waals surface area contributed by atoms with Crippen molar-refractivity contribution in [1.82, 2.24) is 19.4 Å². The van der Waals surface area contributed by atoms with Gasteiger partial charge < -0.3 is 24.2 Å². The lowest BCUT2D eigenvalue weighted by Gasteiger charge is -2.17. The Labute approximate surface area is 171 Å². The van der Waals surface area contributed by atoms with Gasteiger partial charge >= 0.3 is 5.97 Å². The average Bonchev–Trinajstić information content (AvgIpc) is 2.95. The van der Waals surface area contributed by atoms with Gasteiger partial charge in [0.1, 0.15) is 5.75 Å². The molecule has 0 aliphatic carbocycles. The maximum atomic E-state index is 12.8. The molecule has 0 atom stereocenters. The third-order valence-corrected chi connectivity index (χ3v) is 4.99. The van der Waals surface area contributed by atoms with Gasteiger partial charge in [0.2, 0.25) is 0 Å². The molecule has 2 heterocycles. The van der Waals surface area contributed by atoms with Crippen molar-refractivity contribution in [2.24, 2.45) is 7.05 Å². The summed E-state index contributed by atoms with van der Waals surface area (Å²) in [4.78, 5) is 21.0. The van der Waals surface area contributed by atoms with Crippen LogP contribution in [0.5, 0.6) is 5.75 Å². The molecule has 7 nitrogen and oxygen atoms in total. The van der Waals surface area contributed by atoms with Crippen molar-refractivity contribution in [3.63, 3.8) is 0 Å². The van der Waals surface area contributed by atoms with E-state index in [1.54, 1.807) is 12.4 Å². The van der Waals surface area contributed by atoms with Crippen LogP contribution in [-0.4, -0.2) is 65.7 Å². The van der Waals surface area contributed by atoms with Crippen molar-refractivity contribution in [1.29, 1.82) is 0 Å². The molecule has 0 spiro atoms. The number of aryl methyl sites for hydroxylation is 1. The highest BCUT2D eigenvalue weighted by atomic mass is 16.5. The fourth-order valence-electron chi connectivity index (χ4n) is 3.73. The Balaban J connectivity index is 2.45. The minimum atomic E-state index is -0.402. The number of rotatable bonds is 6. The number of esters is 1. The summed E-state index contributed by atoms with van der Waals surface area (Å²) in [6.07, 6.45) is 3.43. The highest BCUT2D eigenvalue weighted by molar-refractivity contribution is 6.09.